The summed E-state index contributed by atoms with van der Waals surface area (Å²) < 4.78 is 11.1. The van der Waals surface area contributed by atoms with Crippen molar-refractivity contribution in [3.8, 4) is 11.5 Å². The van der Waals surface area contributed by atoms with Crippen LogP contribution in [0.1, 0.15) is 5.56 Å². The molecule has 1 heterocycles. The van der Waals surface area contributed by atoms with Gasteiger partial charge in [-0.2, -0.15) is 0 Å². The molecule has 140 valence electrons. The quantitative estimate of drug-likeness (QED) is 0.554. The SMILES string of the molecule is COc1ccc(N2C(=O)/C(=C/c3ccc(N(C)C)cc3)SC2=S)c(OC)c1. The first-order chi connectivity index (χ1) is 12.9. The second-order valence-corrected chi connectivity index (χ2v) is 7.72. The Labute approximate surface area is 168 Å². The van der Waals surface area contributed by atoms with Crippen LogP contribution in [0.5, 0.6) is 11.5 Å². The average molecular weight is 401 g/mol. The summed E-state index contributed by atoms with van der Waals surface area (Å²) in [6, 6.07) is 13.3. The number of benzene rings is 2. The number of thioether (sulfide) groups is 1. The summed E-state index contributed by atoms with van der Waals surface area (Å²) >= 11 is 6.73. The van der Waals surface area contributed by atoms with Crippen molar-refractivity contribution < 1.29 is 14.3 Å². The monoisotopic (exact) mass is 400 g/mol. The summed E-state index contributed by atoms with van der Waals surface area (Å²) in [6.07, 6.45) is 1.86. The van der Waals surface area contributed by atoms with Crippen molar-refractivity contribution in [3.63, 3.8) is 0 Å². The Morgan fingerprint density at radius 3 is 2.37 bits per heavy atom. The molecule has 0 aliphatic carbocycles. The van der Waals surface area contributed by atoms with E-state index < -0.39 is 0 Å². The van der Waals surface area contributed by atoms with E-state index in [0.717, 1.165) is 11.3 Å². The van der Waals surface area contributed by atoms with Crippen molar-refractivity contribution in [2.45, 2.75) is 0 Å². The number of hydrogen-bond acceptors (Lipinski definition) is 6. The number of carbonyl (C=O) groups excluding carboxylic acids is 1. The van der Waals surface area contributed by atoms with Crippen molar-refractivity contribution >= 4 is 51.7 Å². The summed E-state index contributed by atoms with van der Waals surface area (Å²) in [5, 5.41) is 0. The predicted molar refractivity (Wildman–Crippen MR) is 116 cm³/mol. The fourth-order valence-electron chi connectivity index (χ4n) is 2.67. The van der Waals surface area contributed by atoms with E-state index in [-0.39, 0.29) is 5.91 Å². The Balaban J connectivity index is 1.91. The normalized spacial score (nSPS) is 15.4. The number of anilines is 2. The van der Waals surface area contributed by atoms with Gasteiger partial charge in [-0.05, 0) is 35.9 Å². The van der Waals surface area contributed by atoms with Crippen molar-refractivity contribution in [1.82, 2.24) is 0 Å². The van der Waals surface area contributed by atoms with Gasteiger partial charge in [-0.15, -0.1) is 0 Å². The van der Waals surface area contributed by atoms with Crippen molar-refractivity contribution in [2.24, 2.45) is 0 Å². The van der Waals surface area contributed by atoms with Gasteiger partial charge in [-0.25, -0.2) is 0 Å². The minimum Gasteiger partial charge on any atom is -0.497 e. The molecule has 7 heteroatoms. The van der Waals surface area contributed by atoms with Crippen molar-refractivity contribution in [2.75, 3.05) is 38.1 Å². The van der Waals surface area contributed by atoms with Gasteiger partial charge in [0.25, 0.3) is 5.91 Å². The Kier molecular flexibility index (Phi) is 5.72. The molecule has 0 unspecified atom stereocenters. The van der Waals surface area contributed by atoms with E-state index in [9.17, 15) is 4.79 Å². The second kappa shape index (κ2) is 8.02. The minimum absolute atomic E-state index is 0.162. The first-order valence-corrected chi connectivity index (χ1v) is 9.44. The van der Waals surface area contributed by atoms with Crippen LogP contribution in [0, 0.1) is 0 Å². The number of methoxy groups -OCH3 is 2. The molecule has 1 amide bonds. The number of carbonyl (C=O) groups is 1. The Bertz CT molecular complexity index is 908. The number of ether oxygens (including phenoxy) is 2. The molecule has 0 aromatic heterocycles. The largest absolute Gasteiger partial charge is 0.497 e. The maximum atomic E-state index is 13.0. The highest BCUT2D eigenvalue weighted by Crippen LogP contribution is 2.41. The van der Waals surface area contributed by atoms with Gasteiger partial charge in [0.1, 0.15) is 11.5 Å². The third-order valence-electron chi connectivity index (χ3n) is 4.13. The molecule has 0 radical (unpaired) electrons. The van der Waals surface area contributed by atoms with Gasteiger partial charge in [-0.3, -0.25) is 9.69 Å². The van der Waals surface area contributed by atoms with Crippen molar-refractivity contribution in [3.05, 3.63) is 52.9 Å². The predicted octanol–water partition coefficient (Wildman–Crippen LogP) is 4.18. The van der Waals surface area contributed by atoms with Crippen LogP contribution in [-0.4, -0.2) is 38.5 Å². The zero-order valence-electron chi connectivity index (χ0n) is 15.6. The third kappa shape index (κ3) is 3.94. The van der Waals surface area contributed by atoms with Crippen LogP contribution >= 0.6 is 24.0 Å². The minimum atomic E-state index is -0.162. The first kappa shape index (κ1) is 19.3. The average Bonchev–Trinajstić information content (AvgIpc) is 2.94. The van der Waals surface area contributed by atoms with Crippen LogP contribution in [0.25, 0.3) is 6.08 Å². The molecular formula is C20H20N2O3S2. The maximum Gasteiger partial charge on any atom is 0.270 e. The van der Waals surface area contributed by atoms with Crippen LogP contribution in [0.3, 0.4) is 0 Å². The van der Waals surface area contributed by atoms with Crippen LogP contribution in [0.15, 0.2) is 47.4 Å². The van der Waals surface area contributed by atoms with Gasteiger partial charge >= 0.3 is 0 Å². The number of nitrogens with zero attached hydrogens (tertiary/aromatic N) is 2. The fraction of sp³-hybridized carbons (Fsp3) is 0.200. The molecular weight excluding hydrogens is 380 g/mol. The summed E-state index contributed by atoms with van der Waals surface area (Å²) in [5.41, 5.74) is 2.65. The molecule has 0 saturated carbocycles. The summed E-state index contributed by atoms with van der Waals surface area (Å²) in [6.45, 7) is 0. The van der Waals surface area contributed by atoms with E-state index in [2.05, 4.69) is 0 Å². The zero-order valence-corrected chi connectivity index (χ0v) is 17.2. The first-order valence-electron chi connectivity index (χ1n) is 8.22. The molecule has 27 heavy (non-hydrogen) atoms. The highest BCUT2D eigenvalue weighted by molar-refractivity contribution is 8.27. The maximum absolute atomic E-state index is 13.0. The zero-order chi connectivity index (χ0) is 19.6. The molecule has 3 rings (SSSR count). The van der Waals surface area contributed by atoms with Crippen LogP contribution < -0.4 is 19.3 Å². The summed E-state index contributed by atoms with van der Waals surface area (Å²) in [5.74, 6) is 1.02. The molecule has 0 N–H and O–H groups in total. The lowest BCUT2D eigenvalue weighted by atomic mass is 10.2. The summed E-state index contributed by atoms with van der Waals surface area (Å²) in [7, 11) is 7.11. The number of hydrogen-bond donors (Lipinski definition) is 0. The van der Waals surface area contributed by atoms with Crippen molar-refractivity contribution in [1.29, 1.82) is 0 Å². The second-order valence-electron chi connectivity index (χ2n) is 6.04. The number of amides is 1. The van der Waals surface area contributed by atoms with Gasteiger partial charge in [0.2, 0.25) is 0 Å². The van der Waals surface area contributed by atoms with Gasteiger partial charge in [0.15, 0.2) is 4.32 Å². The van der Waals surface area contributed by atoms with Crippen LogP contribution in [0.2, 0.25) is 0 Å². The number of rotatable bonds is 5. The molecule has 0 atom stereocenters. The third-order valence-corrected chi connectivity index (χ3v) is 5.43. The Hall–Kier alpha value is -2.51. The summed E-state index contributed by atoms with van der Waals surface area (Å²) in [4.78, 5) is 17.1. The van der Waals surface area contributed by atoms with E-state index >= 15 is 0 Å². The Morgan fingerprint density at radius 2 is 1.78 bits per heavy atom. The topological polar surface area (TPSA) is 42.0 Å². The lowest BCUT2D eigenvalue weighted by Crippen LogP contribution is -2.27. The van der Waals surface area contributed by atoms with E-state index in [1.54, 1.807) is 32.4 Å². The standard InChI is InChI=1S/C20H20N2O3S2/c1-21(2)14-7-5-13(6-8-14)11-18-19(23)22(20(26)27-18)16-10-9-15(24-3)12-17(16)25-4/h5-12H,1-4H3/b18-11-. The van der Waals surface area contributed by atoms with Gasteiger partial charge < -0.3 is 14.4 Å². The highest BCUT2D eigenvalue weighted by atomic mass is 32.2. The molecule has 5 nitrogen and oxygen atoms in total. The smallest absolute Gasteiger partial charge is 0.270 e. The molecule has 1 aliphatic heterocycles. The molecule has 2 aromatic carbocycles. The molecule has 1 saturated heterocycles. The Morgan fingerprint density at radius 1 is 1.07 bits per heavy atom. The number of thiocarbonyl (C=S) groups is 1. The molecule has 2 aromatic rings. The highest BCUT2D eigenvalue weighted by Gasteiger charge is 2.35. The van der Waals surface area contributed by atoms with Gasteiger partial charge in [0, 0.05) is 25.8 Å². The van der Waals surface area contributed by atoms with Crippen LogP contribution in [0.4, 0.5) is 11.4 Å². The molecule has 0 spiro atoms. The van der Waals surface area contributed by atoms with E-state index in [0.29, 0.717) is 26.4 Å². The fourth-order valence-corrected chi connectivity index (χ4v) is 3.95. The van der Waals surface area contributed by atoms with Gasteiger partial charge in [-0.1, -0.05) is 36.1 Å². The van der Waals surface area contributed by atoms with E-state index in [1.165, 1.54) is 16.7 Å². The lowest BCUT2D eigenvalue weighted by molar-refractivity contribution is -0.113. The molecule has 0 bridgehead atoms. The molecule has 1 fully saturated rings. The molecule has 1 aliphatic rings. The van der Waals surface area contributed by atoms with E-state index in [4.69, 9.17) is 21.7 Å². The lowest BCUT2D eigenvalue weighted by Gasteiger charge is -2.18. The van der Waals surface area contributed by atoms with Crippen LogP contribution in [-0.2, 0) is 4.79 Å². The van der Waals surface area contributed by atoms with E-state index in [1.807, 2.05) is 49.3 Å². The van der Waals surface area contributed by atoms with Gasteiger partial charge in [0.05, 0.1) is 24.8 Å².